The van der Waals surface area contributed by atoms with Gasteiger partial charge in [0.2, 0.25) is 0 Å². The molecule has 0 aliphatic rings. The topological polar surface area (TPSA) is 0 Å². The molecule has 1 heteroatoms. The second kappa shape index (κ2) is 15.4. The summed E-state index contributed by atoms with van der Waals surface area (Å²) >= 11 is 0. The molecule has 0 aliphatic heterocycles. The third kappa shape index (κ3) is 11.1. The van der Waals surface area contributed by atoms with Gasteiger partial charge in [0.25, 0.3) is 0 Å². The summed E-state index contributed by atoms with van der Waals surface area (Å²) in [4.78, 5) is 0. The van der Waals surface area contributed by atoms with Crippen LogP contribution >= 0.6 is 0 Å². The van der Waals surface area contributed by atoms with Gasteiger partial charge in [0.1, 0.15) is 0 Å². The molecule has 0 saturated carbocycles. The van der Waals surface area contributed by atoms with E-state index in [-0.39, 0.29) is 23.1 Å². The molecule has 0 aromatic heterocycles. The van der Waals surface area contributed by atoms with E-state index in [0.717, 1.165) is 11.8 Å². The summed E-state index contributed by atoms with van der Waals surface area (Å²) in [5, 5.41) is 0. The monoisotopic (exact) mass is 378 g/mol. The van der Waals surface area contributed by atoms with Crippen molar-refractivity contribution in [1.82, 2.24) is 0 Å². The zero-order chi connectivity index (χ0) is 19.4. The molecule has 27 heavy (non-hydrogen) atoms. The molecule has 2 aromatic carbocycles. The van der Waals surface area contributed by atoms with E-state index < -0.39 is 0 Å². The van der Waals surface area contributed by atoms with Crippen LogP contribution in [0.25, 0.3) is 0 Å². The van der Waals surface area contributed by atoms with Crippen molar-refractivity contribution in [3.63, 3.8) is 0 Å². The summed E-state index contributed by atoms with van der Waals surface area (Å²) < 4.78 is 0. The molecule has 0 heterocycles. The van der Waals surface area contributed by atoms with E-state index in [1.54, 1.807) is 22.3 Å². The van der Waals surface area contributed by atoms with Crippen LogP contribution in [-0.2, 0) is 25.7 Å². The van der Waals surface area contributed by atoms with Crippen molar-refractivity contribution < 1.29 is 0 Å². The Balaban J connectivity index is 0.000000483. The average molecular weight is 379 g/mol. The maximum Gasteiger partial charge on any atom is 2.00 e. The number of unbranched alkanes of at least 4 members (excludes halogenated alkanes) is 2. The number of aryl methyl sites for hydroxylation is 2. The fourth-order valence-corrected chi connectivity index (χ4v) is 3.49. The largest absolute Gasteiger partial charge is 2.00 e. The van der Waals surface area contributed by atoms with Crippen LogP contribution < -0.4 is 0 Å². The minimum absolute atomic E-state index is 0. The quantitative estimate of drug-likeness (QED) is 0.296. The smallest absolute Gasteiger partial charge is 0.213 e. The van der Waals surface area contributed by atoms with E-state index in [0.29, 0.717) is 0 Å². The minimum Gasteiger partial charge on any atom is -0.213 e. The predicted octanol–water partition coefficient (Wildman–Crippen LogP) is 7.51. The van der Waals surface area contributed by atoms with Gasteiger partial charge in [-0.25, -0.2) is 24.3 Å². The average Bonchev–Trinajstić information content (AvgIpc) is 3.20. The van der Waals surface area contributed by atoms with Crippen molar-refractivity contribution in [1.29, 1.82) is 0 Å². The normalized spacial score (nSPS) is 10.7. The summed E-state index contributed by atoms with van der Waals surface area (Å²) in [6, 6.07) is 13.5. The second-order valence-electron chi connectivity index (χ2n) is 8.56. The summed E-state index contributed by atoms with van der Waals surface area (Å²) in [6.07, 6.45) is 10.3. The van der Waals surface area contributed by atoms with E-state index in [9.17, 15) is 0 Å². The van der Waals surface area contributed by atoms with Crippen LogP contribution in [0.5, 0.6) is 0 Å². The van der Waals surface area contributed by atoms with Crippen molar-refractivity contribution in [3.05, 3.63) is 58.7 Å². The van der Waals surface area contributed by atoms with Crippen LogP contribution in [0.1, 0.15) is 89.5 Å². The van der Waals surface area contributed by atoms with Gasteiger partial charge in [-0.3, -0.25) is 0 Å². The molecule has 2 rings (SSSR count). The molecular formula is C26H42Mg. The molecule has 0 nitrogen and oxygen atoms in total. The zero-order valence-electron chi connectivity index (χ0n) is 19.0. The Kier molecular flexibility index (Phi) is 15.1. The van der Waals surface area contributed by atoms with Crippen LogP contribution in [-0.4, -0.2) is 23.1 Å². The summed E-state index contributed by atoms with van der Waals surface area (Å²) in [5.74, 6) is 1.56. The first kappa shape index (κ1) is 26.5. The Labute approximate surface area is 186 Å². The Morgan fingerprint density at radius 2 is 1.07 bits per heavy atom. The van der Waals surface area contributed by atoms with Crippen molar-refractivity contribution in [2.45, 2.75) is 92.9 Å². The molecule has 148 valence electrons. The van der Waals surface area contributed by atoms with Crippen LogP contribution in [0, 0.1) is 11.8 Å². The van der Waals surface area contributed by atoms with Gasteiger partial charge in [0.05, 0.1) is 0 Å². The van der Waals surface area contributed by atoms with Crippen LogP contribution in [0.15, 0.2) is 36.4 Å². The predicted molar refractivity (Wildman–Crippen MR) is 124 cm³/mol. The van der Waals surface area contributed by atoms with E-state index >= 15 is 0 Å². The maximum atomic E-state index is 2.29. The van der Waals surface area contributed by atoms with Crippen molar-refractivity contribution >= 4 is 23.1 Å². The molecule has 0 bridgehead atoms. The second-order valence-corrected chi connectivity index (χ2v) is 8.56. The molecule has 0 spiro atoms. The molecule has 0 aliphatic carbocycles. The summed E-state index contributed by atoms with van der Waals surface area (Å²) in [7, 11) is 0. The number of rotatable bonds is 10. The van der Waals surface area contributed by atoms with Crippen LogP contribution in [0.3, 0.4) is 0 Å². The van der Waals surface area contributed by atoms with Crippen LogP contribution in [0.2, 0.25) is 0 Å². The third-order valence-electron chi connectivity index (χ3n) is 4.87. The first-order valence-corrected chi connectivity index (χ1v) is 10.9. The molecule has 0 radical (unpaired) electrons. The standard InChI is InChI=1S/2C13H21.Mg/c2*1-4-5-7-12-8-6-9-13(12)10-11(2)3;/h2*6,8-9,11H,4-5,7,10H2,1-3H3;/q2*-1;+2. The maximum absolute atomic E-state index is 2.29. The Hall–Kier alpha value is -0.534. The fraction of sp³-hybridized carbons (Fsp3) is 0.615. The van der Waals surface area contributed by atoms with Crippen molar-refractivity contribution in [2.24, 2.45) is 11.8 Å². The zero-order valence-corrected chi connectivity index (χ0v) is 20.4. The molecule has 2 aromatic rings. The van der Waals surface area contributed by atoms with E-state index in [1.807, 2.05) is 0 Å². The Morgan fingerprint density at radius 3 is 1.37 bits per heavy atom. The van der Waals surface area contributed by atoms with Gasteiger partial charge in [-0.1, -0.05) is 105 Å². The first-order chi connectivity index (χ1) is 12.5. The summed E-state index contributed by atoms with van der Waals surface area (Å²) in [5.41, 5.74) is 6.30. The Morgan fingerprint density at radius 1 is 0.704 bits per heavy atom. The summed E-state index contributed by atoms with van der Waals surface area (Å²) in [6.45, 7) is 13.7. The molecule has 0 amide bonds. The van der Waals surface area contributed by atoms with Gasteiger partial charge >= 0.3 is 23.1 Å². The van der Waals surface area contributed by atoms with Gasteiger partial charge in [0.15, 0.2) is 0 Å². The van der Waals surface area contributed by atoms with Gasteiger partial charge in [0, 0.05) is 0 Å². The molecule has 0 fully saturated rings. The molecule has 0 atom stereocenters. The van der Waals surface area contributed by atoms with Gasteiger partial charge in [-0.2, -0.15) is 34.4 Å². The van der Waals surface area contributed by atoms with Crippen molar-refractivity contribution in [3.8, 4) is 0 Å². The van der Waals surface area contributed by atoms with E-state index in [4.69, 9.17) is 0 Å². The molecular weight excluding hydrogens is 337 g/mol. The van der Waals surface area contributed by atoms with E-state index in [2.05, 4.69) is 77.9 Å². The minimum atomic E-state index is 0. The van der Waals surface area contributed by atoms with Gasteiger partial charge in [-0.05, 0) is 0 Å². The Bertz CT molecular complexity index is 518. The van der Waals surface area contributed by atoms with E-state index in [1.165, 1.54) is 51.4 Å². The molecule has 0 saturated heterocycles. The van der Waals surface area contributed by atoms with Crippen LogP contribution in [0.4, 0.5) is 0 Å². The van der Waals surface area contributed by atoms with Gasteiger partial charge < -0.3 is 0 Å². The number of hydrogen-bond acceptors (Lipinski definition) is 0. The molecule has 0 N–H and O–H groups in total. The number of hydrogen-bond donors (Lipinski definition) is 0. The third-order valence-corrected chi connectivity index (χ3v) is 4.87. The molecule has 0 unspecified atom stereocenters. The van der Waals surface area contributed by atoms with Crippen molar-refractivity contribution in [2.75, 3.05) is 0 Å². The SMILES string of the molecule is CCCCc1ccc[c-]1CC(C)C.CCCCc1ccc[c-]1CC(C)C.[Mg+2]. The van der Waals surface area contributed by atoms with Gasteiger partial charge in [-0.15, -0.1) is 0 Å². The first-order valence-electron chi connectivity index (χ1n) is 10.9. The fourth-order valence-electron chi connectivity index (χ4n) is 3.49.